The van der Waals surface area contributed by atoms with Gasteiger partial charge in [-0.1, -0.05) is 30.3 Å². The second kappa shape index (κ2) is 9.60. The molecule has 7 nitrogen and oxygen atoms in total. The summed E-state index contributed by atoms with van der Waals surface area (Å²) in [5.74, 6) is 1.33. The maximum atomic E-state index is 12.7. The van der Waals surface area contributed by atoms with Crippen molar-refractivity contribution in [2.45, 2.75) is 25.7 Å². The van der Waals surface area contributed by atoms with E-state index in [1.54, 1.807) is 44.5 Å². The van der Waals surface area contributed by atoms with Gasteiger partial charge in [-0.2, -0.15) is 0 Å². The van der Waals surface area contributed by atoms with Crippen LogP contribution in [0.4, 0.5) is 5.69 Å². The van der Waals surface area contributed by atoms with Crippen molar-refractivity contribution in [1.82, 2.24) is 14.9 Å². The summed E-state index contributed by atoms with van der Waals surface area (Å²) in [6.45, 7) is 3.10. The average Bonchev–Trinajstić information content (AvgIpc) is 3.31. The fourth-order valence-corrected chi connectivity index (χ4v) is 3.86. The molecular formula is C25H26N4O3. The monoisotopic (exact) mass is 430 g/mol. The van der Waals surface area contributed by atoms with Gasteiger partial charge in [-0.3, -0.25) is 9.59 Å². The molecule has 0 aliphatic carbocycles. The Balaban J connectivity index is 1.38. The first-order valence-electron chi connectivity index (χ1n) is 10.6. The Bertz CT molecular complexity index is 1100. The minimum atomic E-state index is -0.259. The molecule has 0 radical (unpaired) electrons. The van der Waals surface area contributed by atoms with Crippen LogP contribution < -0.4 is 10.1 Å². The van der Waals surface area contributed by atoms with Gasteiger partial charge in [0.05, 0.1) is 24.8 Å². The first kappa shape index (κ1) is 21.5. The van der Waals surface area contributed by atoms with Gasteiger partial charge in [0, 0.05) is 30.9 Å². The number of nitrogens with one attached hydrogen (secondary N) is 1. The van der Waals surface area contributed by atoms with Crippen molar-refractivity contribution >= 4 is 17.5 Å². The second-order valence-electron chi connectivity index (χ2n) is 7.90. The van der Waals surface area contributed by atoms with Crippen molar-refractivity contribution in [3.8, 4) is 5.75 Å². The van der Waals surface area contributed by atoms with Gasteiger partial charge in [0.1, 0.15) is 11.6 Å². The minimum Gasteiger partial charge on any atom is -0.497 e. The van der Waals surface area contributed by atoms with Gasteiger partial charge < -0.3 is 15.0 Å². The summed E-state index contributed by atoms with van der Waals surface area (Å²) in [5.41, 5.74) is 2.73. The lowest BCUT2D eigenvalue weighted by atomic mass is 10.1. The molecule has 0 spiro atoms. The number of rotatable bonds is 6. The molecule has 0 bridgehead atoms. The SMILES string of the molecule is COc1ccc(NC(=O)c2cnc([C@@H]3CCN(C(=O)Cc4ccccc4)C3)nc2C)cc1. The average molecular weight is 431 g/mol. The van der Waals surface area contributed by atoms with Crippen molar-refractivity contribution in [3.05, 3.63) is 83.4 Å². The van der Waals surface area contributed by atoms with E-state index in [2.05, 4.69) is 15.3 Å². The van der Waals surface area contributed by atoms with Gasteiger partial charge in [0.2, 0.25) is 5.91 Å². The molecule has 3 aromatic rings. The highest BCUT2D eigenvalue weighted by Crippen LogP contribution is 2.26. The number of methoxy groups -OCH3 is 1. The maximum Gasteiger partial charge on any atom is 0.259 e. The predicted octanol–water partition coefficient (Wildman–Crippen LogP) is 3.60. The van der Waals surface area contributed by atoms with Crippen LogP contribution in [-0.2, 0) is 11.2 Å². The van der Waals surface area contributed by atoms with Gasteiger partial charge in [-0.05, 0) is 43.2 Å². The summed E-state index contributed by atoms with van der Waals surface area (Å²) in [6, 6.07) is 16.9. The van der Waals surface area contributed by atoms with E-state index in [1.807, 2.05) is 35.2 Å². The Morgan fingerprint density at radius 2 is 1.88 bits per heavy atom. The zero-order valence-corrected chi connectivity index (χ0v) is 18.2. The summed E-state index contributed by atoms with van der Waals surface area (Å²) < 4.78 is 5.13. The number of amides is 2. The molecule has 1 aliphatic rings. The highest BCUT2D eigenvalue weighted by Gasteiger charge is 2.29. The fraction of sp³-hybridized carbons (Fsp3) is 0.280. The lowest BCUT2D eigenvalue weighted by molar-refractivity contribution is -0.129. The molecule has 1 atom stereocenters. The molecule has 4 rings (SSSR count). The predicted molar refractivity (Wildman–Crippen MR) is 122 cm³/mol. The van der Waals surface area contributed by atoms with E-state index >= 15 is 0 Å². The molecule has 2 aromatic carbocycles. The van der Waals surface area contributed by atoms with Gasteiger partial charge in [0.25, 0.3) is 5.91 Å². The van der Waals surface area contributed by atoms with Crippen molar-refractivity contribution in [1.29, 1.82) is 0 Å². The van der Waals surface area contributed by atoms with Crippen LogP contribution in [-0.4, -0.2) is 46.9 Å². The lowest BCUT2D eigenvalue weighted by Gasteiger charge is -2.16. The molecule has 1 aromatic heterocycles. The number of nitrogens with zero attached hydrogens (tertiary/aromatic N) is 3. The van der Waals surface area contributed by atoms with Gasteiger partial charge in [0.15, 0.2) is 0 Å². The molecular weight excluding hydrogens is 404 g/mol. The van der Waals surface area contributed by atoms with E-state index in [-0.39, 0.29) is 17.7 Å². The van der Waals surface area contributed by atoms with Gasteiger partial charge in [-0.15, -0.1) is 0 Å². The van der Waals surface area contributed by atoms with Crippen LogP contribution in [0.15, 0.2) is 60.8 Å². The summed E-state index contributed by atoms with van der Waals surface area (Å²) >= 11 is 0. The van der Waals surface area contributed by atoms with Crippen LogP contribution in [0.2, 0.25) is 0 Å². The van der Waals surface area contributed by atoms with E-state index < -0.39 is 0 Å². The number of anilines is 1. The number of hydrogen-bond donors (Lipinski definition) is 1. The van der Waals surface area contributed by atoms with E-state index in [0.29, 0.717) is 42.3 Å². The third kappa shape index (κ3) is 4.94. The van der Waals surface area contributed by atoms with Crippen LogP contribution in [0.3, 0.4) is 0 Å². The lowest BCUT2D eigenvalue weighted by Crippen LogP contribution is -2.30. The smallest absolute Gasteiger partial charge is 0.259 e. The summed E-state index contributed by atoms with van der Waals surface area (Å²) in [4.78, 5) is 36.2. The van der Waals surface area contributed by atoms with E-state index in [9.17, 15) is 9.59 Å². The number of carbonyl (C=O) groups excluding carboxylic acids is 2. The van der Waals surface area contributed by atoms with Crippen LogP contribution in [0.25, 0.3) is 0 Å². The molecule has 7 heteroatoms. The molecule has 2 amide bonds. The Morgan fingerprint density at radius 3 is 2.56 bits per heavy atom. The second-order valence-corrected chi connectivity index (χ2v) is 7.90. The summed E-state index contributed by atoms with van der Waals surface area (Å²) in [7, 11) is 1.60. The Kier molecular flexibility index (Phi) is 6.44. The molecule has 1 fully saturated rings. The molecule has 2 heterocycles. The molecule has 0 unspecified atom stereocenters. The molecule has 1 aliphatic heterocycles. The van der Waals surface area contributed by atoms with Gasteiger partial charge >= 0.3 is 0 Å². The van der Waals surface area contributed by atoms with Crippen LogP contribution in [0, 0.1) is 6.92 Å². The van der Waals surface area contributed by atoms with Crippen LogP contribution in [0.5, 0.6) is 5.75 Å². The van der Waals surface area contributed by atoms with Crippen molar-refractivity contribution in [2.24, 2.45) is 0 Å². The zero-order chi connectivity index (χ0) is 22.5. The molecule has 164 valence electrons. The first-order valence-corrected chi connectivity index (χ1v) is 10.6. The maximum absolute atomic E-state index is 12.7. The standard InChI is InChI=1S/C25H26N4O3/c1-17-22(25(31)28-20-8-10-21(32-2)11-9-20)15-26-24(27-17)19-12-13-29(16-19)23(30)14-18-6-4-3-5-7-18/h3-11,15,19H,12-14,16H2,1-2H3,(H,28,31)/t19-/m1/s1. The number of likely N-dealkylation sites (tertiary alicyclic amines) is 1. The number of aryl methyl sites for hydroxylation is 1. The molecule has 1 saturated heterocycles. The normalized spacial score (nSPS) is 15.4. The Labute approximate surface area is 187 Å². The number of hydrogen-bond acceptors (Lipinski definition) is 5. The van der Waals surface area contributed by atoms with Crippen molar-refractivity contribution in [3.63, 3.8) is 0 Å². The van der Waals surface area contributed by atoms with E-state index in [0.717, 1.165) is 17.7 Å². The molecule has 1 N–H and O–H groups in total. The topological polar surface area (TPSA) is 84.4 Å². The summed E-state index contributed by atoms with van der Waals surface area (Å²) in [5, 5.41) is 2.86. The Hall–Kier alpha value is -3.74. The quantitative estimate of drug-likeness (QED) is 0.646. The number of carbonyl (C=O) groups is 2. The third-order valence-corrected chi connectivity index (χ3v) is 5.69. The molecule has 0 saturated carbocycles. The molecule has 32 heavy (non-hydrogen) atoms. The van der Waals surface area contributed by atoms with Crippen LogP contribution in [0.1, 0.15) is 39.8 Å². The Morgan fingerprint density at radius 1 is 1.12 bits per heavy atom. The first-order chi connectivity index (χ1) is 15.5. The van der Waals surface area contributed by atoms with E-state index in [4.69, 9.17) is 4.74 Å². The fourth-order valence-electron chi connectivity index (χ4n) is 3.86. The number of ether oxygens (including phenoxy) is 1. The van der Waals surface area contributed by atoms with E-state index in [1.165, 1.54) is 0 Å². The third-order valence-electron chi connectivity index (χ3n) is 5.69. The minimum absolute atomic E-state index is 0.0760. The van der Waals surface area contributed by atoms with Crippen molar-refractivity contribution < 1.29 is 14.3 Å². The largest absolute Gasteiger partial charge is 0.497 e. The van der Waals surface area contributed by atoms with Crippen LogP contribution >= 0.6 is 0 Å². The zero-order valence-electron chi connectivity index (χ0n) is 18.2. The highest BCUT2D eigenvalue weighted by molar-refractivity contribution is 6.04. The van der Waals surface area contributed by atoms with Gasteiger partial charge in [-0.25, -0.2) is 9.97 Å². The van der Waals surface area contributed by atoms with Crippen molar-refractivity contribution in [2.75, 3.05) is 25.5 Å². The number of aromatic nitrogens is 2. The number of benzene rings is 2. The highest BCUT2D eigenvalue weighted by atomic mass is 16.5. The summed E-state index contributed by atoms with van der Waals surface area (Å²) in [6.07, 6.45) is 2.79.